The van der Waals surface area contributed by atoms with Crippen molar-refractivity contribution in [3.63, 3.8) is 0 Å². The van der Waals surface area contributed by atoms with E-state index in [1.165, 1.54) is 0 Å². The summed E-state index contributed by atoms with van der Waals surface area (Å²) in [7, 11) is 0. The highest BCUT2D eigenvalue weighted by Gasteiger charge is 2.31. The average molecular weight is 273 g/mol. The third-order valence-electron chi connectivity index (χ3n) is 2.63. The van der Waals surface area contributed by atoms with Gasteiger partial charge in [-0.05, 0) is 31.7 Å². The number of alkyl halides is 3. The van der Waals surface area contributed by atoms with Crippen LogP contribution >= 0.6 is 0 Å². The standard InChI is InChI=1S/C14H15F4N/c1-3-5-6-13(19-4-2)11-9-10(14(16,17)18)7-8-12(11)15/h7-9,13,19H,4,6H2,1-2H3. The molecule has 0 aliphatic heterocycles. The third-order valence-corrected chi connectivity index (χ3v) is 2.63. The van der Waals surface area contributed by atoms with Gasteiger partial charge in [-0.2, -0.15) is 13.2 Å². The lowest BCUT2D eigenvalue weighted by Gasteiger charge is -2.18. The Morgan fingerprint density at radius 1 is 1.32 bits per heavy atom. The second-order valence-electron chi connectivity index (χ2n) is 3.98. The molecule has 1 N–H and O–H groups in total. The van der Waals surface area contributed by atoms with Crippen LogP contribution in [0.5, 0.6) is 0 Å². The van der Waals surface area contributed by atoms with Crippen molar-refractivity contribution in [2.75, 3.05) is 6.54 Å². The maximum absolute atomic E-state index is 13.7. The molecule has 0 aliphatic rings. The first kappa shape index (κ1) is 15.5. The summed E-state index contributed by atoms with van der Waals surface area (Å²) < 4.78 is 51.6. The molecular weight excluding hydrogens is 258 g/mol. The molecule has 0 radical (unpaired) electrons. The van der Waals surface area contributed by atoms with E-state index in [1.807, 2.05) is 0 Å². The topological polar surface area (TPSA) is 12.0 Å². The van der Waals surface area contributed by atoms with Crippen LogP contribution < -0.4 is 5.32 Å². The molecule has 0 saturated carbocycles. The van der Waals surface area contributed by atoms with Crippen LogP contribution in [0.25, 0.3) is 0 Å². The first-order chi connectivity index (χ1) is 8.90. The van der Waals surface area contributed by atoms with Crippen LogP contribution in [0.3, 0.4) is 0 Å². The molecule has 1 nitrogen and oxygen atoms in total. The maximum Gasteiger partial charge on any atom is 0.416 e. The number of rotatable bonds is 4. The Morgan fingerprint density at radius 2 is 2.00 bits per heavy atom. The van der Waals surface area contributed by atoms with Gasteiger partial charge in [0.25, 0.3) is 0 Å². The van der Waals surface area contributed by atoms with E-state index in [2.05, 4.69) is 17.2 Å². The molecular formula is C14H15F4N. The van der Waals surface area contributed by atoms with Gasteiger partial charge in [-0.1, -0.05) is 6.92 Å². The zero-order valence-corrected chi connectivity index (χ0v) is 10.7. The fraction of sp³-hybridized carbons (Fsp3) is 0.429. The van der Waals surface area contributed by atoms with Crippen molar-refractivity contribution >= 4 is 0 Å². The zero-order chi connectivity index (χ0) is 14.5. The zero-order valence-electron chi connectivity index (χ0n) is 10.7. The van der Waals surface area contributed by atoms with Crippen LogP contribution in [0.2, 0.25) is 0 Å². The van der Waals surface area contributed by atoms with Crippen molar-refractivity contribution in [2.24, 2.45) is 0 Å². The van der Waals surface area contributed by atoms with Gasteiger partial charge in [0, 0.05) is 18.0 Å². The van der Waals surface area contributed by atoms with Gasteiger partial charge < -0.3 is 5.32 Å². The quantitative estimate of drug-likeness (QED) is 0.648. The molecule has 1 rings (SSSR count). The molecule has 104 valence electrons. The van der Waals surface area contributed by atoms with Crippen molar-refractivity contribution in [3.8, 4) is 11.8 Å². The van der Waals surface area contributed by atoms with Crippen LogP contribution in [-0.4, -0.2) is 6.54 Å². The van der Waals surface area contributed by atoms with Gasteiger partial charge in [-0.3, -0.25) is 0 Å². The summed E-state index contributed by atoms with van der Waals surface area (Å²) in [5.74, 6) is 4.76. The van der Waals surface area contributed by atoms with Gasteiger partial charge in [0.05, 0.1) is 5.56 Å². The van der Waals surface area contributed by atoms with E-state index in [1.54, 1.807) is 13.8 Å². The predicted molar refractivity (Wildman–Crippen MR) is 65.9 cm³/mol. The van der Waals surface area contributed by atoms with Crippen molar-refractivity contribution in [1.82, 2.24) is 5.32 Å². The fourth-order valence-electron chi connectivity index (χ4n) is 1.73. The summed E-state index contributed by atoms with van der Waals surface area (Å²) >= 11 is 0. The Morgan fingerprint density at radius 3 is 2.53 bits per heavy atom. The Kier molecular flexibility index (Phi) is 5.37. The first-order valence-electron chi connectivity index (χ1n) is 5.89. The molecule has 0 amide bonds. The normalized spacial score (nSPS) is 12.7. The summed E-state index contributed by atoms with van der Waals surface area (Å²) in [6, 6.07) is 1.90. The van der Waals surface area contributed by atoms with Gasteiger partial charge in [-0.25, -0.2) is 4.39 Å². The first-order valence-corrected chi connectivity index (χ1v) is 5.89. The molecule has 1 aromatic carbocycles. The minimum Gasteiger partial charge on any atom is -0.309 e. The average Bonchev–Trinajstić information content (AvgIpc) is 2.34. The van der Waals surface area contributed by atoms with E-state index in [0.29, 0.717) is 6.54 Å². The molecule has 0 fully saturated rings. The second kappa shape index (κ2) is 6.58. The minimum atomic E-state index is -4.48. The number of benzene rings is 1. The number of hydrogen-bond donors (Lipinski definition) is 1. The molecule has 0 aliphatic carbocycles. The molecule has 1 aromatic rings. The van der Waals surface area contributed by atoms with E-state index in [4.69, 9.17) is 0 Å². The third kappa shape index (κ3) is 4.25. The highest BCUT2D eigenvalue weighted by Crippen LogP contribution is 2.32. The van der Waals surface area contributed by atoms with Crippen LogP contribution in [-0.2, 0) is 6.18 Å². The van der Waals surface area contributed by atoms with Crippen molar-refractivity contribution < 1.29 is 17.6 Å². The highest BCUT2D eigenvalue weighted by molar-refractivity contribution is 5.30. The van der Waals surface area contributed by atoms with Gasteiger partial charge >= 0.3 is 6.18 Å². The lowest BCUT2D eigenvalue weighted by molar-refractivity contribution is -0.137. The monoisotopic (exact) mass is 273 g/mol. The molecule has 0 spiro atoms. The second-order valence-corrected chi connectivity index (χ2v) is 3.98. The van der Waals surface area contributed by atoms with Gasteiger partial charge in [-0.15, -0.1) is 11.8 Å². The molecule has 1 unspecified atom stereocenters. The SMILES string of the molecule is CC#CCC(NCC)c1cc(C(F)(F)F)ccc1F. The van der Waals surface area contributed by atoms with Crippen molar-refractivity contribution in [2.45, 2.75) is 32.5 Å². The fourth-order valence-corrected chi connectivity index (χ4v) is 1.73. The molecule has 1 atom stereocenters. The minimum absolute atomic E-state index is 0.000532. The summed E-state index contributed by atoms with van der Waals surface area (Å²) in [6.07, 6.45) is -4.21. The van der Waals surface area contributed by atoms with Crippen molar-refractivity contribution in [1.29, 1.82) is 0 Å². The summed E-state index contributed by atoms with van der Waals surface area (Å²) in [4.78, 5) is 0. The van der Waals surface area contributed by atoms with Gasteiger partial charge in [0.2, 0.25) is 0 Å². The van der Waals surface area contributed by atoms with Gasteiger partial charge in [0.1, 0.15) is 5.82 Å². The van der Waals surface area contributed by atoms with Crippen LogP contribution in [0, 0.1) is 17.7 Å². The van der Waals surface area contributed by atoms with E-state index in [9.17, 15) is 17.6 Å². The molecule has 0 aromatic heterocycles. The van der Waals surface area contributed by atoms with Crippen molar-refractivity contribution in [3.05, 3.63) is 35.1 Å². The van der Waals surface area contributed by atoms with E-state index in [0.717, 1.165) is 18.2 Å². The van der Waals surface area contributed by atoms with E-state index >= 15 is 0 Å². The Bertz CT molecular complexity index is 482. The molecule has 0 bridgehead atoms. The Balaban J connectivity index is 3.16. The summed E-state index contributed by atoms with van der Waals surface area (Å²) in [5.41, 5.74) is -0.851. The lowest BCUT2D eigenvalue weighted by Crippen LogP contribution is -2.22. The molecule has 19 heavy (non-hydrogen) atoms. The number of halogens is 4. The van der Waals surface area contributed by atoms with E-state index in [-0.39, 0.29) is 12.0 Å². The maximum atomic E-state index is 13.7. The Labute approximate surface area is 110 Å². The largest absolute Gasteiger partial charge is 0.416 e. The molecule has 5 heteroatoms. The summed E-state index contributed by atoms with van der Waals surface area (Å²) in [6.45, 7) is 3.95. The Hall–Kier alpha value is -1.54. The lowest BCUT2D eigenvalue weighted by atomic mass is 10.0. The van der Waals surface area contributed by atoms with Gasteiger partial charge in [0.15, 0.2) is 0 Å². The number of nitrogens with one attached hydrogen (secondary N) is 1. The van der Waals surface area contributed by atoms with Crippen LogP contribution in [0.15, 0.2) is 18.2 Å². The van der Waals surface area contributed by atoms with E-state index < -0.39 is 23.6 Å². The molecule has 0 saturated heterocycles. The summed E-state index contributed by atoms with van der Waals surface area (Å²) in [5, 5.41) is 2.94. The highest BCUT2D eigenvalue weighted by atomic mass is 19.4. The van der Waals surface area contributed by atoms with Crippen LogP contribution in [0.4, 0.5) is 17.6 Å². The van der Waals surface area contributed by atoms with Crippen LogP contribution in [0.1, 0.15) is 37.4 Å². The number of hydrogen-bond acceptors (Lipinski definition) is 1. The predicted octanol–water partition coefficient (Wildman–Crippen LogP) is 3.91. The smallest absolute Gasteiger partial charge is 0.309 e. The molecule has 0 heterocycles.